The van der Waals surface area contributed by atoms with E-state index in [4.69, 9.17) is 15.0 Å². The highest BCUT2D eigenvalue weighted by Crippen LogP contribution is 2.38. The van der Waals surface area contributed by atoms with Crippen molar-refractivity contribution in [2.75, 3.05) is 22.9 Å². The molecule has 0 unspecified atom stereocenters. The van der Waals surface area contributed by atoms with Gasteiger partial charge in [-0.05, 0) is 104 Å². The third kappa shape index (κ3) is 10.4. The molecular formula is C32H41ClF6N6O3. The Morgan fingerprint density at radius 3 is 1.96 bits per heavy atom. The molecule has 1 heterocycles. The number of anilines is 2. The lowest BCUT2D eigenvalue weighted by Crippen LogP contribution is -2.32. The highest BCUT2D eigenvalue weighted by atomic mass is 35.5. The van der Waals surface area contributed by atoms with Crippen molar-refractivity contribution in [1.82, 2.24) is 20.2 Å². The maximum Gasteiger partial charge on any atom is 0.503 e. The number of tetrazole rings is 1. The van der Waals surface area contributed by atoms with Gasteiger partial charge in [0.2, 0.25) is 0 Å². The van der Waals surface area contributed by atoms with Crippen LogP contribution in [0.15, 0.2) is 30.3 Å². The minimum Gasteiger partial charge on any atom is -0.450 e. The van der Waals surface area contributed by atoms with Crippen molar-refractivity contribution in [1.29, 1.82) is 0 Å². The molecule has 5 rings (SSSR count). The molecule has 0 spiro atoms. The van der Waals surface area contributed by atoms with Gasteiger partial charge in [-0.3, -0.25) is 0 Å². The third-order valence-corrected chi connectivity index (χ3v) is 8.61. The first-order valence-corrected chi connectivity index (χ1v) is 15.8. The van der Waals surface area contributed by atoms with Gasteiger partial charge in [0.05, 0.1) is 17.7 Å². The number of aryl methyl sites for hydroxylation is 3. The van der Waals surface area contributed by atoms with Gasteiger partial charge in [0, 0.05) is 31.9 Å². The van der Waals surface area contributed by atoms with Gasteiger partial charge in [0.1, 0.15) is 0 Å². The second kappa shape index (κ2) is 16.6. The maximum atomic E-state index is 13.7. The van der Waals surface area contributed by atoms with E-state index in [-0.39, 0.29) is 43.1 Å². The van der Waals surface area contributed by atoms with Crippen LogP contribution >= 0.6 is 12.4 Å². The fourth-order valence-corrected chi connectivity index (χ4v) is 6.39. The molecule has 3 aromatic rings. The zero-order chi connectivity index (χ0) is 34.4. The first-order valence-electron chi connectivity index (χ1n) is 15.8. The molecular weight excluding hydrogens is 666 g/mol. The van der Waals surface area contributed by atoms with Crippen LogP contribution in [-0.4, -0.2) is 49.7 Å². The summed E-state index contributed by atoms with van der Waals surface area (Å²) in [5.74, 6) is 0.734. The molecule has 0 atom stereocenters. The summed E-state index contributed by atoms with van der Waals surface area (Å²) in [4.78, 5) is 13.9. The van der Waals surface area contributed by atoms with Gasteiger partial charge < -0.3 is 20.0 Å². The number of aromatic nitrogens is 4. The fraction of sp³-hybridized carbons (Fsp3) is 0.562. The van der Waals surface area contributed by atoms with Crippen molar-refractivity contribution < 1.29 is 41.4 Å². The minimum atomic E-state index is -4.93. The van der Waals surface area contributed by atoms with Crippen molar-refractivity contribution in [2.45, 2.75) is 97.2 Å². The van der Waals surface area contributed by atoms with Crippen molar-refractivity contribution in [3.63, 3.8) is 0 Å². The maximum absolute atomic E-state index is 13.7. The number of hydrogen-bond donors (Lipinski definition) is 2. The number of fused-ring (bicyclic) bond motifs is 1. The number of alkyl halides is 6. The molecule has 266 valence electrons. The van der Waals surface area contributed by atoms with Crippen molar-refractivity contribution in [3.05, 3.63) is 63.7 Å². The van der Waals surface area contributed by atoms with E-state index in [0.717, 1.165) is 55.7 Å². The highest BCUT2D eigenvalue weighted by Gasteiger charge is 2.37. The third-order valence-electron chi connectivity index (χ3n) is 8.61. The molecule has 0 bridgehead atoms. The average molecular weight is 707 g/mol. The van der Waals surface area contributed by atoms with E-state index in [1.807, 2.05) is 6.92 Å². The SMILES string of the molecule is CCN(CC1CCCCC1)c1cc2c(cc1CN(Cc1cc(C(F)(F)F)cc(C(F)(F)F)c1)c1nnn(CC)n1)CCC2.Cl.O=C(O)O. The largest absolute Gasteiger partial charge is 0.503 e. The zero-order valence-corrected chi connectivity index (χ0v) is 27.6. The summed E-state index contributed by atoms with van der Waals surface area (Å²) in [6.07, 6.45) is -2.64. The summed E-state index contributed by atoms with van der Waals surface area (Å²) >= 11 is 0. The molecule has 2 aliphatic rings. The van der Waals surface area contributed by atoms with Gasteiger partial charge in [-0.15, -0.1) is 17.5 Å². The molecule has 2 N–H and O–H groups in total. The molecule has 1 fully saturated rings. The molecule has 2 aromatic carbocycles. The van der Waals surface area contributed by atoms with Crippen LogP contribution in [0.4, 0.5) is 42.8 Å². The summed E-state index contributed by atoms with van der Waals surface area (Å²) in [5.41, 5.74) is 1.73. The van der Waals surface area contributed by atoms with E-state index in [0.29, 0.717) is 12.5 Å². The molecule has 0 amide bonds. The molecule has 9 nitrogen and oxygen atoms in total. The van der Waals surface area contributed by atoms with Gasteiger partial charge in [0.25, 0.3) is 5.95 Å². The van der Waals surface area contributed by atoms with Gasteiger partial charge in [-0.1, -0.05) is 30.4 Å². The van der Waals surface area contributed by atoms with Crippen LogP contribution in [0.2, 0.25) is 0 Å². The molecule has 16 heteroatoms. The first kappa shape index (κ1) is 38.7. The van der Waals surface area contributed by atoms with Crippen molar-refractivity contribution >= 4 is 30.2 Å². The van der Waals surface area contributed by atoms with E-state index >= 15 is 0 Å². The summed E-state index contributed by atoms with van der Waals surface area (Å²) in [6.45, 7) is 6.00. The Bertz CT molecular complexity index is 1470. The summed E-state index contributed by atoms with van der Waals surface area (Å²) in [7, 11) is 0. The van der Waals surface area contributed by atoms with E-state index in [2.05, 4.69) is 39.4 Å². The van der Waals surface area contributed by atoms with Gasteiger partial charge in [-0.2, -0.15) is 31.1 Å². The molecule has 1 aromatic heterocycles. The average Bonchev–Trinajstić information content (AvgIpc) is 3.68. The fourth-order valence-electron chi connectivity index (χ4n) is 6.39. The quantitative estimate of drug-likeness (QED) is 0.202. The number of benzene rings is 2. The number of carboxylic acid groups (broad SMARTS) is 2. The summed E-state index contributed by atoms with van der Waals surface area (Å²) in [5, 5.41) is 26.5. The van der Waals surface area contributed by atoms with Gasteiger partial charge in [0.15, 0.2) is 0 Å². The molecule has 1 saturated carbocycles. The Morgan fingerprint density at radius 1 is 0.854 bits per heavy atom. The summed E-state index contributed by atoms with van der Waals surface area (Å²) < 4.78 is 82.0. The molecule has 0 saturated heterocycles. The summed E-state index contributed by atoms with van der Waals surface area (Å²) in [6, 6.07) is 6.10. The van der Waals surface area contributed by atoms with Crippen LogP contribution in [0.1, 0.15) is 85.8 Å². The molecule has 0 aliphatic heterocycles. The highest BCUT2D eigenvalue weighted by molar-refractivity contribution is 5.85. The van der Waals surface area contributed by atoms with Crippen molar-refractivity contribution in [3.8, 4) is 0 Å². The molecule has 0 radical (unpaired) electrons. The van der Waals surface area contributed by atoms with Crippen molar-refractivity contribution in [2.24, 2.45) is 5.92 Å². The van der Waals surface area contributed by atoms with E-state index in [1.54, 1.807) is 4.90 Å². The predicted octanol–water partition coefficient (Wildman–Crippen LogP) is 8.48. The van der Waals surface area contributed by atoms with Crippen LogP contribution in [0.25, 0.3) is 0 Å². The normalized spacial score (nSPS) is 14.8. The van der Waals surface area contributed by atoms with Crippen LogP contribution in [0, 0.1) is 5.92 Å². The number of halogens is 7. The number of carbonyl (C=O) groups is 1. The van der Waals surface area contributed by atoms with E-state index < -0.39 is 29.6 Å². The van der Waals surface area contributed by atoms with E-state index in [9.17, 15) is 26.3 Å². The number of hydrogen-bond acceptors (Lipinski definition) is 6. The lowest BCUT2D eigenvalue weighted by molar-refractivity contribution is -0.143. The zero-order valence-electron chi connectivity index (χ0n) is 26.8. The van der Waals surface area contributed by atoms with Crippen LogP contribution < -0.4 is 9.80 Å². The second-order valence-electron chi connectivity index (χ2n) is 12.0. The Balaban J connectivity index is 0.00000118. The number of rotatable bonds is 10. The minimum absolute atomic E-state index is 0. The topological polar surface area (TPSA) is 108 Å². The van der Waals surface area contributed by atoms with Crippen LogP contribution in [0.3, 0.4) is 0 Å². The first-order chi connectivity index (χ1) is 22.2. The van der Waals surface area contributed by atoms with Gasteiger partial charge >= 0.3 is 18.5 Å². The Morgan fingerprint density at radius 2 is 1.44 bits per heavy atom. The van der Waals surface area contributed by atoms with Crippen LogP contribution in [-0.2, 0) is 44.8 Å². The Kier molecular flexibility index (Phi) is 13.4. The predicted molar refractivity (Wildman–Crippen MR) is 171 cm³/mol. The van der Waals surface area contributed by atoms with Gasteiger partial charge in [-0.25, -0.2) is 4.79 Å². The monoisotopic (exact) mass is 706 g/mol. The second-order valence-corrected chi connectivity index (χ2v) is 12.0. The van der Waals surface area contributed by atoms with E-state index in [1.165, 1.54) is 48.0 Å². The Labute approximate surface area is 281 Å². The Hall–Kier alpha value is -3.75. The lowest BCUT2D eigenvalue weighted by atomic mass is 9.88. The lowest BCUT2D eigenvalue weighted by Gasteiger charge is -2.33. The standard InChI is InChI=1S/C31H38F6N6.CH2O3.ClH/c1-3-41(18-21-9-6-5-7-10-21)28-16-24-12-8-11-23(24)15-25(28)20-42(29-38-40-43(4-2)39-29)19-22-13-26(30(32,33)34)17-27(14-22)31(35,36)37;2-1(3)4;/h13-17,21H,3-12,18-20H2,1-2H3;(H2,2,3,4);1H. The molecule has 48 heavy (non-hydrogen) atoms. The molecule has 2 aliphatic carbocycles. The number of nitrogens with zero attached hydrogens (tertiary/aromatic N) is 6. The smallest absolute Gasteiger partial charge is 0.450 e. The van der Waals surface area contributed by atoms with Crippen LogP contribution in [0.5, 0.6) is 0 Å².